The van der Waals surface area contributed by atoms with Crippen molar-refractivity contribution in [3.63, 3.8) is 0 Å². The van der Waals surface area contributed by atoms with E-state index in [9.17, 15) is 9.59 Å². The van der Waals surface area contributed by atoms with Crippen molar-refractivity contribution in [1.29, 1.82) is 0 Å². The SMILES string of the molecule is COC(=O)C#CC(=O)c1ccc(OC)c(OC(C)C)c1. The molecule has 1 aromatic rings. The smallest absolute Gasteiger partial charge is 0.384 e. The fourth-order valence-corrected chi connectivity index (χ4v) is 1.39. The highest BCUT2D eigenvalue weighted by molar-refractivity contribution is 6.12. The highest BCUT2D eigenvalue weighted by Gasteiger charge is 2.11. The maximum Gasteiger partial charge on any atom is 0.384 e. The molecule has 0 amide bonds. The average molecular weight is 276 g/mol. The maximum absolute atomic E-state index is 11.8. The number of rotatable bonds is 4. The van der Waals surface area contributed by atoms with Crippen LogP contribution in [-0.2, 0) is 9.53 Å². The molecular weight excluding hydrogens is 260 g/mol. The number of hydrogen-bond acceptors (Lipinski definition) is 5. The van der Waals surface area contributed by atoms with Crippen LogP contribution in [0.15, 0.2) is 18.2 Å². The highest BCUT2D eigenvalue weighted by atomic mass is 16.5. The Bertz CT molecular complexity index is 563. The highest BCUT2D eigenvalue weighted by Crippen LogP contribution is 2.29. The van der Waals surface area contributed by atoms with Gasteiger partial charge in [-0.15, -0.1) is 0 Å². The van der Waals surface area contributed by atoms with Crippen molar-refractivity contribution in [2.45, 2.75) is 20.0 Å². The Kier molecular flexibility index (Phi) is 5.60. The van der Waals surface area contributed by atoms with Crippen LogP contribution >= 0.6 is 0 Å². The van der Waals surface area contributed by atoms with Crippen molar-refractivity contribution in [2.75, 3.05) is 14.2 Å². The van der Waals surface area contributed by atoms with Gasteiger partial charge in [-0.25, -0.2) is 4.79 Å². The zero-order chi connectivity index (χ0) is 15.1. The molecule has 20 heavy (non-hydrogen) atoms. The molecule has 0 aromatic heterocycles. The predicted octanol–water partition coefficient (Wildman–Crippen LogP) is 1.84. The lowest BCUT2D eigenvalue weighted by Crippen LogP contribution is -2.08. The Hall–Kier alpha value is -2.48. The standard InChI is InChI=1S/C15H16O5/c1-10(2)20-14-9-11(5-7-13(14)18-3)12(16)6-8-15(17)19-4/h5,7,9-10H,1-4H3. The first kappa shape index (κ1) is 15.6. The number of carbonyl (C=O) groups excluding carboxylic acids is 2. The van der Waals surface area contributed by atoms with Gasteiger partial charge in [-0.1, -0.05) is 0 Å². The first-order valence-electron chi connectivity index (χ1n) is 5.97. The average Bonchev–Trinajstić information content (AvgIpc) is 2.43. The van der Waals surface area contributed by atoms with Gasteiger partial charge in [0.2, 0.25) is 5.78 Å². The van der Waals surface area contributed by atoms with Gasteiger partial charge in [-0.3, -0.25) is 4.79 Å². The normalized spacial score (nSPS) is 9.45. The molecular formula is C15H16O5. The molecule has 0 aliphatic carbocycles. The lowest BCUT2D eigenvalue weighted by molar-refractivity contribution is -0.133. The van der Waals surface area contributed by atoms with Crippen LogP contribution < -0.4 is 9.47 Å². The Morgan fingerprint density at radius 2 is 1.80 bits per heavy atom. The van der Waals surface area contributed by atoms with Gasteiger partial charge in [0.05, 0.1) is 20.3 Å². The molecule has 0 radical (unpaired) electrons. The number of esters is 1. The summed E-state index contributed by atoms with van der Waals surface area (Å²) in [5.74, 6) is 4.02. The lowest BCUT2D eigenvalue weighted by atomic mass is 10.1. The number of Topliss-reactive ketones (excluding diaryl/α,β-unsaturated/α-hetero) is 1. The second-order valence-electron chi connectivity index (χ2n) is 4.10. The zero-order valence-electron chi connectivity index (χ0n) is 11.9. The van der Waals surface area contributed by atoms with Crippen molar-refractivity contribution in [3.8, 4) is 23.3 Å². The number of methoxy groups -OCH3 is 2. The van der Waals surface area contributed by atoms with E-state index in [4.69, 9.17) is 9.47 Å². The quantitative estimate of drug-likeness (QED) is 0.276. The Balaban J connectivity index is 3.04. The van der Waals surface area contributed by atoms with Crippen molar-refractivity contribution in [1.82, 2.24) is 0 Å². The molecule has 5 nitrogen and oxygen atoms in total. The van der Waals surface area contributed by atoms with Crippen molar-refractivity contribution >= 4 is 11.8 Å². The summed E-state index contributed by atoms with van der Waals surface area (Å²) in [6, 6.07) is 4.71. The molecule has 5 heteroatoms. The van der Waals surface area contributed by atoms with Gasteiger partial charge < -0.3 is 14.2 Å². The summed E-state index contributed by atoms with van der Waals surface area (Å²) >= 11 is 0. The Labute approximate surface area is 117 Å². The topological polar surface area (TPSA) is 61.8 Å². The molecule has 0 saturated carbocycles. The van der Waals surface area contributed by atoms with Crippen LogP contribution in [0.25, 0.3) is 0 Å². The van der Waals surface area contributed by atoms with E-state index in [0.717, 1.165) is 0 Å². The summed E-state index contributed by atoms with van der Waals surface area (Å²) in [6.45, 7) is 3.73. The molecule has 0 heterocycles. The molecule has 0 fully saturated rings. The Morgan fingerprint density at radius 3 is 2.35 bits per heavy atom. The number of benzene rings is 1. The molecule has 0 aliphatic heterocycles. The van der Waals surface area contributed by atoms with E-state index in [1.54, 1.807) is 12.1 Å². The van der Waals surface area contributed by atoms with Gasteiger partial charge in [-0.05, 0) is 38.0 Å². The van der Waals surface area contributed by atoms with Crippen LogP contribution in [0.5, 0.6) is 11.5 Å². The molecule has 0 saturated heterocycles. The van der Waals surface area contributed by atoms with E-state index in [0.29, 0.717) is 17.1 Å². The second-order valence-corrected chi connectivity index (χ2v) is 4.10. The fraction of sp³-hybridized carbons (Fsp3) is 0.333. The van der Waals surface area contributed by atoms with Crippen LogP contribution in [0.3, 0.4) is 0 Å². The summed E-state index contributed by atoms with van der Waals surface area (Å²) in [7, 11) is 2.71. The van der Waals surface area contributed by atoms with E-state index >= 15 is 0 Å². The molecule has 1 rings (SSSR count). The minimum absolute atomic E-state index is 0.0598. The van der Waals surface area contributed by atoms with Crippen molar-refractivity contribution in [2.24, 2.45) is 0 Å². The van der Waals surface area contributed by atoms with Crippen LogP contribution in [0.2, 0.25) is 0 Å². The summed E-state index contributed by atoms with van der Waals surface area (Å²) in [4.78, 5) is 22.7. The number of ketones is 1. The van der Waals surface area contributed by atoms with Gasteiger partial charge in [0.15, 0.2) is 11.5 Å². The summed E-state index contributed by atoms with van der Waals surface area (Å²) in [5, 5.41) is 0. The molecule has 0 aliphatic rings. The summed E-state index contributed by atoms with van der Waals surface area (Å²) in [6.07, 6.45) is -0.0598. The van der Waals surface area contributed by atoms with E-state index in [1.807, 2.05) is 13.8 Å². The van der Waals surface area contributed by atoms with Crippen LogP contribution in [0.1, 0.15) is 24.2 Å². The molecule has 0 spiro atoms. The minimum Gasteiger partial charge on any atom is -0.493 e. The number of ether oxygens (including phenoxy) is 3. The van der Waals surface area contributed by atoms with Gasteiger partial charge in [0.25, 0.3) is 0 Å². The van der Waals surface area contributed by atoms with Crippen molar-refractivity contribution < 1.29 is 23.8 Å². The first-order valence-corrected chi connectivity index (χ1v) is 5.97. The largest absolute Gasteiger partial charge is 0.493 e. The van der Waals surface area contributed by atoms with Gasteiger partial charge in [0.1, 0.15) is 0 Å². The molecule has 0 bridgehead atoms. The van der Waals surface area contributed by atoms with E-state index < -0.39 is 11.8 Å². The summed E-state index contributed by atoms with van der Waals surface area (Å²) in [5.41, 5.74) is 0.317. The molecule has 0 unspecified atom stereocenters. The third-order valence-electron chi connectivity index (χ3n) is 2.25. The monoisotopic (exact) mass is 276 g/mol. The second kappa shape index (κ2) is 7.19. The maximum atomic E-state index is 11.8. The minimum atomic E-state index is -0.759. The van der Waals surface area contributed by atoms with Crippen molar-refractivity contribution in [3.05, 3.63) is 23.8 Å². The fourth-order valence-electron chi connectivity index (χ4n) is 1.39. The molecule has 106 valence electrons. The van der Waals surface area contributed by atoms with E-state index in [1.165, 1.54) is 20.3 Å². The third-order valence-corrected chi connectivity index (χ3v) is 2.25. The van der Waals surface area contributed by atoms with E-state index in [2.05, 4.69) is 16.6 Å². The summed E-state index contributed by atoms with van der Waals surface area (Å²) < 4.78 is 15.0. The first-order chi connectivity index (χ1) is 9.47. The van der Waals surface area contributed by atoms with Crippen LogP contribution in [0.4, 0.5) is 0 Å². The Morgan fingerprint density at radius 1 is 1.10 bits per heavy atom. The van der Waals surface area contributed by atoms with Crippen LogP contribution in [-0.4, -0.2) is 32.1 Å². The predicted molar refractivity (Wildman–Crippen MR) is 72.9 cm³/mol. The van der Waals surface area contributed by atoms with Gasteiger partial charge >= 0.3 is 5.97 Å². The zero-order valence-corrected chi connectivity index (χ0v) is 11.9. The number of hydrogen-bond donors (Lipinski definition) is 0. The molecule has 0 atom stereocenters. The van der Waals surface area contributed by atoms with Gasteiger partial charge in [-0.2, -0.15) is 0 Å². The third kappa shape index (κ3) is 4.32. The molecule has 1 aromatic carbocycles. The van der Waals surface area contributed by atoms with E-state index in [-0.39, 0.29) is 6.10 Å². The van der Waals surface area contributed by atoms with Gasteiger partial charge in [0, 0.05) is 11.5 Å². The lowest BCUT2D eigenvalue weighted by Gasteiger charge is -2.13. The van der Waals surface area contributed by atoms with Crippen LogP contribution in [0, 0.1) is 11.8 Å². The molecule has 0 N–H and O–H groups in total. The number of carbonyl (C=O) groups is 2.